The summed E-state index contributed by atoms with van der Waals surface area (Å²) in [4.78, 5) is 10.7. The van der Waals surface area contributed by atoms with Crippen molar-refractivity contribution >= 4 is 5.91 Å². The van der Waals surface area contributed by atoms with Gasteiger partial charge in [0.2, 0.25) is 0 Å². The summed E-state index contributed by atoms with van der Waals surface area (Å²) >= 11 is 0. The maximum absolute atomic E-state index is 11.9. The van der Waals surface area contributed by atoms with E-state index < -0.39 is 12.3 Å². The molecule has 1 N–H and O–H groups in total. The molecule has 0 aromatic rings. The molecule has 0 bridgehead atoms. The van der Waals surface area contributed by atoms with Crippen LogP contribution in [-0.4, -0.2) is 18.9 Å². The van der Waals surface area contributed by atoms with Gasteiger partial charge in [-0.1, -0.05) is 0 Å². The Morgan fingerprint density at radius 3 is 2.07 bits per heavy atom. The van der Waals surface area contributed by atoms with Crippen LogP contribution in [0.1, 0.15) is 25.7 Å². The van der Waals surface area contributed by atoms with Gasteiger partial charge in [-0.2, -0.15) is 8.78 Å². The Hall–Kier alpha value is -0.670. The first-order valence-electron chi connectivity index (χ1n) is 5.24. The zero-order chi connectivity index (χ0) is 10.1. The van der Waals surface area contributed by atoms with Crippen LogP contribution >= 0.6 is 0 Å². The van der Waals surface area contributed by atoms with Crippen molar-refractivity contribution in [1.82, 2.24) is 5.32 Å². The first-order valence-corrected chi connectivity index (χ1v) is 5.24. The highest BCUT2D eigenvalue weighted by Crippen LogP contribution is 2.48. The number of hydrogen-bond donors (Lipinski definition) is 1. The Morgan fingerprint density at radius 2 is 1.71 bits per heavy atom. The van der Waals surface area contributed by atoms with Crippen LogP contribution in [0.3, 0.4) is 0 Å². The van der Waals surface area contributed by atoms with E-state index in [0.717, 1.165) is 0 Å². The van der Waals surface area contributed by atoms with Crippen LogP contribution < -0.4 is 5.32 Å². The van der Waals surface area contributed by atoms with Gasteiger partial charge in [0.05, 0.1) is 0 Å². The molecule has 2 rings (SSSR count). The lowest BCUT2D eigenvalue weighted by atomic mass is 9.98. The lowest BCUT2D eigenvalue weighted by Crippen LogP contribution is -2.35. The molecule has 0 aromatic heterocycles. The fourth-order valence-electron chi connectivity index (χ4n) is 2.06. The first-order chi connectivity index (χ1) is 6.68. The molecule has 0 atom stereocenters. The molecule has 0 aliphatic heterocycles. The Kier molecular flexibility index (Phi) is 2.70. The summed E-state index contributed by atoms with van der Waals surface area (Å²) in [7, 11) is 0. The summed E-state index contributed by atoms with van der Waals surface area (Å²) in [5, 5.41) is 2.34. The van der Waals surface area contributed by atoms with Gasteiger partial charge in [0.15, 0.2) is 0 Å². The predicted octanol–water partition coefficient (Wildman–Crippen LogP) is 1.80. The van der Waals surface area contributed by atoms with E-state index in [9.17, 15) is 13.6 Å². The molecule has 0 spiro atoms. The van der Waals surface area contributed by atoms with Crippen LogP contribution in [0.4, 0.5) is 8.78 Å². The number of halogens is 2. The second kappa shape index (κ2) is 3.83. The second-order valence-electron chi connectivity index (χ2n) is 4.38. The van der Waals surface area contributed by atoms with Crippen molar-refractivity contribution in [2.45, 2.75) is 32.1 Å². The Morgan fingerprint density at radius 1 is 1.21 bits per heavy atom. The molecule has 2 saturated carbocycles. The van der Waals surface area contributed by atoms with Crippen LogP contribution in [-0.2, 0) is 4.79 Å². The van der Waals surface area contributed by atoms with Crippen molar-refractivity contribution in [2.75, 3.05) is 6.54 Å². The van der Waals surface area contributed by atoms with Gasteiger partial charge in [-0.15, -0.1) is 0 Å². The van der Waals surface area contributed by atoms with E-state index >= 15 is 0 Å². The molecule has 1 amide bonds. The summed E-state index contributed by atoms with van der Waals surface area (Å²) in [6.45, 7) is 0.457. The van der Waals surface area contributed by atoms with Crippen molar-refractivity contribution in [3.63, 3.8) is 0 Å². The lowest BCUT2D eigenvalue weighted by Gasteiger charge is -2.15. The van der Waals surface area contributed by atoms with Crippen LogP contribution in [0, 0.1) is 17.8 Å². The largest absolute Gasteiger partial charge is 0.351 e. The van der Waals surface area contributed by atoms with E-state index in [2.05, 4.69) is 5.32 Å². The average molecular weight is 203 g/mol. The third kappa shape index (κ3) is 2.42. The maximum Gasteiger partial charge on any atom is 0.315 e. The van der Waals surface area contributed by atoms with Gasteiger partial charge in [-0.05, 0) is 43.4 Å². The fraction of sp³-hybridized carbons (Fsp3) is 0.900. The van der Waals surface area contributed by atoms with Crippen molar-refractivity contribution in [3.8, 4) is 0 Å². The number of hydrogen-bond acceptors (Lipinski definition) is 1. The number of alkyl halides is 2. The molecule has 4 heteroatoms. The number of carbonyl (C=O) groups excluding carboxylic acids is 1. The van der Waals surface area contributed by atoms with E-state index in [1.54, 1.807) is 0 Å². The SMILES string of the molecule is O=C(NCC(C1CC1)C1CC1)C(F)F. The normalized spacial score (nSPS) is 21.7. The van der Waals surface area contributed by atoms with E-state index in [4.69, 9.17) is 0 Å². The fourth-order valence-corrected chi connectivity index (χ4v) is 2.06. The lowest BCUT2D eigenvalue weighted by molar-refractivity contribution is -0.131. The molecule has 2 fully saturated rings. The van der Waals surface area contributed by atoms with Crippen LogP contribution in [0.25, 0.3) is 0 Å². The van der Waals surface area contributed by atoms with Crippen molar-refractivity contribution in [2.24, 2.45) is 17.8 Å². The van der Waals surface area contributed by atoms with Crippen LogP contribution in [0.15, 0.2) is 0 Å². The highest BCUT2D eigenvalue weighted by molar-refractivity contribution is 5.79. The van der Waals surface area contributed by atoms with Crippen LogP contribution in [0.5, 0.6) is 0 Å². The van der Waals surface area contributed by atoms with E-state index in [-0.39, 0.29) is 0 Å². The van der Waals surface area contributed by atoms with Gasteiger partial charge in [0.25, 0.3) is 5.91 Å². The zero-order valence-corrected chi connectivity index (χ0v) is 8.01. The Bertz CT molecular complexity index is 212. The second-order valence-corrected chi connectivity index (χ2v) is 4.38. The van der Waals surface area contributed by atoms with Gasteiger partial charge in [0, 0.05) is 6.54 Å². The highest BCUT2D eigenvalue weighted by Gasteiger charge is 2.41. The number of rotatable bonds is 5. The molecule has 0 aromatic carbocycles. The van der Waals surface area contributed by atoms with Gasteiger partial charge in [-0.25, -0.2) is 0 Å². The molecule has 0 unspecified atom stereocenters. The molecule has 2 nitrogen and oxygen atoms in total. The molecule has 2 aliphatic carbocycles. The average Bonchev–Trinajstić information content (AvgIpc) is 2.99. The monoisotopic (exact) mass is 203 g/mol. The minimum absolute atomic E-state index is 0.457. The zero-order valence-electron chi connectivity index (χ0n) is 8.01. The Labute approximate surface area is 82.1 Å². The molecule has 14 heavy (non-hydrogen) atoms. The third-order valence-corrected chi connectivity index (χ3v) is 3.17. The van der Waals surface area contributed by atoms with Crippen molar-refractivity contribution in [3.05, 3.63) is 0 Å². The summed E-state index contributed by atoms with van der Waals surface area (Å²) in [6.07, 6.45) is 1.99. The van der Waals surface area contributed by atoms with Crippen LogP contribution in [0.2, 0.25) is 0 Å². The predicted molar refractivity (Wildman–Crippen MR) is 48.0 cm³/mol. The minimum atomic E-state index is -2.87. The maximum atomic E-state index is 11.9. The standard InChI is InChI=1S/C10H15F2NO/c11-9(12)10(14)13-5-8(6-1-2-6)7-3-4-7/h6-9H,1-5H2,(H,13,14). The molecule has 0 radical (unpaired) electrons. The van der Waals surface area contributed by atoms with Gasteiger partial charge in [-0.3, -0.25) is 4.79 Å². The number of amides is 1. The third-order valence-electron chi connectivity index (χ3n) is 3.17. The number of nitrogens with one attached hydrogen (secondary N) is 1. The molecule has 2 aliphatic rings. The summed E-state index contributed by atoms with van der Waals surface area (Å²) in [6, 6.07) is 0. The van der Waals surface area contributed by atoms with Gasteiger partial charge >= 0.3 is 6.43 Å². The highest BCUT2D eigenvalue weighted by atomic mass is 19.3. The molecule has 80 valence electrons. The molecular weight excluding hydrogens is 188 g/mol. The molecule has 0 saturated heterocycles. The topological polar surface area (TPSA) is 29.1 Å². The van der Waals surface area contributed by atoms with Gasteiger partial charge < -0.3 is 5.32 Å². The summed E-state index contributed by atoms with van der Waals surface area (Å²) in [5.74, 6) is 0.745. The molecule has 0 heterocycles. The van der Waals surface area contributed by atoms with E-state index in [1.807, 2.05) is 0 Å². The van der Waals surface area contributed by atoms with Gasteiger partial charge in [0.1, 0.15) is 0 Å². The smallest absolute Gasteiger partial charge is 0.315 e. The molecular formula is C10H15F2NO. The first kappa shape index (κ1) is 9.87. The number of carbonyl (C=O) groups is 1. The van der Waals surface area contributed by atoms with Crippen molar-refractivity contribution < 1.29 is 13.6 Å². The summed E-state index contributed by atoms with van der Waals surface area (Å²) < 4.78 is 23.8. The summed E-state index contributed by atoms with van der Waals surface area (Å²) in [5.41, 5.74) is 0. The van der Waals surface area contributed by atoms with E-state index in [1.165, 1.54) is 25.7 Å². The minimum Gasteiger partial charge on any atom is -0.351 e. The van der Waals surface area contributed by atoms with E-state index in [0.29, 0.717) is 24.3 Å². The quantitative estimate of drug-likeness (QED) is 0.725. The Balaban J connectivity index is 1.74. The van der Waals surface area contributed by atoms with Crippen molar-refractivity contribution in [1.29, 1.82) is 0 Å².